The number of aromatic nitrogens is 2. The topological polar surface area (TPSA) is 137 Å². The zero-order chi connectivity index (χ0) is 36.7. The summed E-state index contributed by atoms with van der Waals surface area (Å²) in [5, 5.41) is 3.53. The van der Waals surface area contributed by atoms with Gasteiger partial charge in [-0.15, -0.1) is 0 Å². The van der Waals surface area contributed by atoms with E-state index in [1.165, 1.54) is 4.57 Å². The van der Waals surface area contributed by atoms with Crippen LogP contribution in [-0.2, 0) is 46.4 Å². The van der Waals surface area contributed by atoms with E-state index in [9.17, 15) is 14.4 Å². The maximum Gasteiger partial charge on any atom is 0.261 e. The number of carbonyl (C=O) groups is 2. The number of rotatable bonds is 7. The largest absolute Gasteiger partial charge is 0.378 e. The minimum absolute atomic E-state index is 0.0817. The molecule has 2 saturated heterocycles. The number of aryl methyl sites for hydroxylation is 3. The average molecular weight is 723 g/mol. The van der Waals surface area contributed by atoms with Crippen molar-refractivity contribution in [2.75, 3.05) is 117 Å². The molecular formula is C38H54N6O8. The number of anilines is 1. The summed E-state index contributed by atoms with van der Waals surface area (Å²) < 4.78 is 30.6. The Morgan fingerprint density at radius 3 is 1.90 bits per heavy atom. The number of para-hydroxylation sites is 1. The van der Waals surface area contributed by atoms with Crippen molar-refractivity contribution in [3.63, 3.8) is 0 Å². The van der Waals surface area contributed by atoms with Crippen LogP contribution in [0.25, 0.3) is 10.9 Å². The molecule has 0 atom stereocenters. The molecule has 2 fully saturated rings. The van der Waals surface area contributed by atoms with Gasteiger partial charge in [0.05, 0.1) is 90.1 Å². The summed E-state index contributed by atoms with van der Waals surface area (Å²) in [5.41, 5.74) is 4.24. The highest BCUT2D eigenvalue weighted by Gasteiger charge is 2.22. The quantitative estimate of drug-likeness (QED) is 0.384. The van der Waals surface area contributed by atoms with Crippen LogP contribution in [0.1, 0.15) is 22.5 Å². The number of nitrogens with one attached hydrogen (secondary N) is 1. The number of nitrogens with zero attached hydrogens (tertiary/aromatic N) is 5. The Balaban J connectivity index is 1.18. The molecule has 0 radical (unpaired) electrons. The van der Waals surface area contributed by atoms with Gasteiger partial charge in [-0.25, -0.2) is 4.98 Å². The summed E-state index contributed by atoms with van der Waals surface area (Å²) in [6.07, 6.45) is 0. The molecule has 3 heterocycles. The molecule has 3 aromatic rings. The van der Waals surface area contributed by atoms with E-state index in [0.717, 1.165) is 22.4 Å². The van der Waals surface area contributed by atoms with Crippen LogP contribution in [0.2, 0.25) is 0 Å². The van der Waals surface area contributed by atoms with Crippen LogP contribution in [0.3, 0.4) is 0 Å². The molecular weight excluding hydrogens is 668 g/mol. The van der Waals surface area contributed by atoms with Crippen molar-refractivity contribution >= 4 is 28.4 Å². The first-order chi connectivity index (χ1) is 25.3. The zero-order valence-electron chi connectivity index (χ0n) is 30.9. The molecule has 0 unspecified atom stereocenters. The highest BCUT2D eigenvalue weighted by Crippen LogP contribution is 2.17. The van der Waals surface area contributed by atoms with E-state index in [1.54, 1.807) is 11.0 Å². The highest BCUT2D eigenvalue weighted by atomic mass is 16.5. The van der Waals surface area contributed by atoms with Crippen molar-refractivity contribution in [1.82, 2.24) is 24.3 Å². The summed E-state index contributed by atoms with van der Waals surface area (Å²) in [6, 6.07) is 11.6. The molecule has 2 amide bonds. The monoisotopic (exact) mass is 722 g/mol. The lowest BCUT2D eigenvalue weighted by molar-refractivity contribution is -0.136. The number of carbonyl (C=O) groups excluding carboxylic acids is 2. The molecule has 0 saturated carbocycles. The number of benzene rings is 2. The average Bonchev–Trinajstić information content (AvgIpc) is 3.13. The molecule has 2 aliphatic rings. The van der Waals surface area contributed by atoms with Gasteiger partial charge in [-0.2, -0.15) is 0 Å². The summed E-state index contributed by atoms with van der Waals surface area (Å²) >= 11 is 0. The first-order valence-corrected chi connectivity index (χ1v) is 18.3. The van der Waals surface area contributed by atoms with Crippen molar-refractivity contribution in [2.45, 2.75) is 33.9 Å². The number of morpholine rings is 1. The molecule has 5 rings (SSSR count). The van der Waals surface area contributed by atoms with Gasteiger partial charge in [0, 0.05) is 45.0 Å². The third kappa shape index (κ3) is 11.9. The molecule has 2 aliphatic heterocycles. The third-order valence-electron chi connectivity index (χ3n) is 9.27. The van der Waals surface area contributed by atoms with E-state index in [1.807, 2.05) is 56.0 Å². The van der Waals surface area contributed by atoms with E-state index in [4.69, 9.17) is 28.7 Å². The lowest BCUT2D eigenvalue weighted by atomic mass is 10.1. The summed E-state index contributed by atoms with van der Waals surface area (Å²) in [4.78, 5) is 50.9. The number of amides is 2. The summed E-state index contributed by atoms with van der Waals surface area (Å²) in [5.74, 6) is 0.312. The Morgan fingerprint density at radius 2 is 1.27 bits per heavy atom. The van der Waals surface area contributed by atoms with Gasteiger partial charge in [-0.3, -0.25) is 28.8 Å². The standard InChI is InChI=1S/C38H54N6O8/c1-29-7-8-30(2)33(25-29)39-35(45)27-42-11-17-51-23-21-49-15-9-41(10-16-50-22-24-52-18-12-42)26-34-40-37-31(3)5-4-6-32(37)38(47)44(34)28-36(46)43-13-19-48-20-14-43/h4-8,25H,9-24,26-28H2,1-3H3,(H,39,45). The van der Waals surface area contributed by atoms with Gasteiger partial charge in [-0.1, -0.05) is 24.3 Å². The fourth-order valence-corrected chi connectivity index (χ4v) is 6.19. The lowest BCUT2D eigenvalue weighted by Crippen LogP contribution is -2.44. The predicted molar refractivity (Wildman–Crippen MR) is 198 cm³/mol. The van der Waals surface area contributed by atoms with Gasteiger partial charge in [0.25, 0.3) is 5.56 Å². The van der Waals surface area contributed by atoms with Crippen molar-refractivity contribution in [1.29, 1.82) is 0 Å². The van der Waals surface area contributed by atoms with E-state index in [2.05, 4.69) is 10.2 Å². The van der Waals surface area contributed by atoms with Crippen molar-refractivity contribution in [3.8, 4) is 0 Å². The second-order valence-electron chi connectivity index (χ2n) is 13.3. The summed E-state index contributed by atoms with van der Waals surface area (Å²) in [6.45, 7) is 14.0. The SMILES string of the molecule is Cc1ccc(C)c(NC(=O)CN2CCOCCOCCN(Cc3nc4c(C)cccc4c(=O)n3CC(=O)N3CCOCC3)CCOCCOCC2)c1. The second-order valence-corrected chi connectivity index (χ2v) is 13.3. The molecule has 52 heavy (non-hydrogen) atoms. The number of hydrogen-bond acceptors (Lipinski definition) is 11. The van der Waals surface area contributed by atoms with Crippen LogP contribution < -0.4 is 10.9 Å². The first kappa shape index (κ1) is 39.4. The fraction of sp³-hybridized carbons (Fsp3) is 0.579. The zero-order valence-corrected chi connectivity index (χ0v) is 30.9. The first-order valence-electron chi connectivity index (χ1n) is 18.3. The smallest absolute Gasteiger partial charge is 0.261 e. The lowest BCUT2D eigenvalue weighted by Gasteiger charge is -2.28. The number of fused-ring (bicyclic) bond motifs is 1. The normalized spacial score (nSPS) is 18.5. The van der Waals surface area contributed by atoms with E-state index < -0.39 is 0 Å². The molecule has 14 nitrogen and oxygen atoms in total. The summed E-state index contributed by atoms with van der Waals surface area (Å²) in [7, 11) is 0. The van der Waals surface area contributed by atoms with Gasteiger partial charge in [0.15, 0.2) is 0 Å². The van der Waals surface area contributed by atoms with Crippen molar-refractivity contribution < 1.29 is 33.3 Å². The third-order valence-corrected chi connectivity index (χ3v) is 9.27. The Hall–Kier alpha value is -3.76. The van der Waals surface area contributed by atoms with Gasteiger partial charge >= 0.3 is 0 Å². The Kier molecular flexibility index (Phi) is 15.5. The second kappa shape index (κ2) is 20.5. The Morgan fingerprint density at radius 1 is 0.692 bits per heavy atom. The maximum atomic E-state index is 13.8. The number of ether oxygens (including phenoxy) is 5. The maximum absolute atomic E-state index is 13.8. The van der Waals surface area contributed by atoms with E-state index >= 15 is 0 Å². The Labute approximate surface area is 305 Å². The Bertz CT molecular complexity index is 1660. The van der Waals surface area contributed by atoms with Gasteiger partial charge in [0.2, 0.25) is 11.8 Å². The van der Waals surface area contributed by atoms with Crippen LogP contribution >= 0.6 is 0 Å². The van der Waals surface area contributed by atoms with E-state index in [-0.39, 0.29) is 30.5 Å². The molecule has 2 aromatic carbocycles. The van der Waals surface area contributed by atoms with Gasteiger partial charge in [-0.05, 0) is 49.6 Å². The van der Waals surface area contributed by atoms with Crippen LogP contribution in [0.4, 0.5) is 5.69 Å². The molecule has 0 aliphatic carbocycles. The molecule has 0 spiro atoms. The predicted octanol–water partition coefficient (Wildman–Crippen LogP) is 2.00. The number of hydrogen-bond donors (Lipinski definition) is 1. The molecule has 1 N–H and O–H groups in total. The molecule has 14 heteroatoms. The van der Waals surface area contributed by atoms with Crippen molar-refractivity contribution in [2.24, 2.45) is 0 Å². The van der Waals surface area contributed by atoms with Crippen LogP contribution in [0, 0.1) is 20.8 Å². The molecule has 1 aromatic heterocycles. The fourth-order valence-electron chi connectivity index (χ4n) is 6.19. The minimum Gasteiger partial charge on any atom is -0.378 e. The van der Waals surface area contributed by atoms with Gasteiger partial charge in [0.1, 0.15) is 12.4 Å². The van der Waals surface area contributed by atoms with Crippen LogP contribution in [0.15, 0.2) is 41.2 Å². The molecule has 284 valence electrons. The van der Waals surface area contributed by atoms with Gasteiger partial charge < -0.3 is 33.9 Å². The minimum atomic E-state index is -0.228. The van der Waals surface area contributed by atoms with E-state index in [0.29, 0.717) is 129 Å². The molecule has 0 bridgehead atoms. The van der Waals surface area contributed by atoms with Crippen molar-refractivity contribution in [3.05, 3.63) is 69.3 Å². The highest BCUT2D eigenvalue weighted by molar-refractivity contribution is 5.93. The van der Waals surface area contributed by atoms with Crippen LogP contribution in [0.5, 0.6) is 0 Å². The van der Waals surface area contributed by atoms with Crippen LogP contribution in [-0.4, -0.2) is 148 Å².